The number of aromatic nitrogens is 2. The molecule has 0 radical (unpaired) electrons. The minimum absolute atomic E-state index is 0.530. The average Bonchev–Trinajstić information content (AvgIpc) is 2.97. The van der Waals surface area contributed by atoms with Crippen LogP contribution < -0.4 is 10.1 Å². The number of hydrogen-bond acceptors (Lipinski definition) is 3. The van der Waals surface area contributed by atoms with Crippen LogP contribution >= 0.6 is 0 Å². The summed E-state index contributed by atoms with van der Waals surface area (Å²) >= 11 is 0. The van der Waals surface area contributed by atoms with Gasteiger partial charge in [-0.05, 0) is 48.6 Å². The zero-order valence-electron chi connectivity index (χ0n) is 11.1. The van der Waals surface area contributed by atoms with Crippen molar-refractivity contribution in [3.63, 3.8) is 0 Å². The molecule has 0 saturated heterocycles. The van der Waals surface area contributed by atoms with E-state index in [9.17, 15) is 0 Å². The summed E-state index contributed by atoms with van der Waals surface area (Å²) in [4.78, 5) is 0. The summed E-state index contributed by atoms with van der Waals surface area (Å²) in [7, 11) is 1.72. The van der Waals surface area contributed by atoms with Gasteiger partial charge in [0.25, 0.3) is 0 Å². The van der Waals surface area contributed by atoms with E-state index in [2.05, 4.69) is 33.7 Å². The molecular formula is C15H19N3O. The van der Waals surface area contributed by atoms with Crippen molar-refractivity contribution in [3.05, 3.63) is 47.3 Å². The Morgan fingerprint density at radius 1 is 1.37 bits per heavy atom. The van der Waals surface area contributed by atoms with Crippen LogP contribution in [0, 0.1) is 0 Å². The van der Waals surface area contributed by atoms with Crippen LogP contribution in [0.25, 0.3) is 0 Å². The molecule has 1 aliphatic carbocycles. The molecule has 0 amide bonds. The second-order valence-corrected chi connectivity index (χ2v) is 5.04. The lowest BCUT2D eigenvalue weighted by Crippen LogP contribution is -2.34. The number of nitrogens with one attached hydrogen (secondary N) is 2. The number of hydrogen-bond donors (Lipinski definition) is 2. The summed E-state index contributed by atoms with van der Waals surface area (Å²) in [6, 6.07) is 8.95. The van der Waals surface area contributed by atoms with E-state index in [1.54, 1.807) is 13.3 Å². The maximum absolute atomic E-state index is 5.30. The second-order valence-electron chi connectivity index (χ2n) is 5.04. The van der Waals surface area contributed by atoms with Gasteiger partial charge in [-0.2, -0.15) is 5.10 Å². The molecule has 4 heteroatoms. The van der Waals surface area contributed by atoms with Crippen LogP contribution in [0.2, 0.25) is 0 Å². The zero-order chi connectivity index (χ0) is 13.1. The van der Waals surface area contributed by atoms with Gasteiger partial charge in [0.1, 0.15) is 5.75 Å². The number of aryl methyl sites for hydroxylation is 1. The van der Waals surface area contributed by atoms with Crippen LogP contribution in [0.15, 0.2) is 30.5 Å². The third-order valence-corrected chi connectivity index (χ3v) is 3.78. The average molecular weight is 257 g/mol. The molecule has 1 aromatic carbocycles. The molecule has 3 rings (SSSR count). The summed E-state index contributed by atoms with van der Waals surface area (Å²) in [5.74, 6) is 0.952. The number of H-pyrrole nitrogens is 1. The summed E-state index contributed by atoms with van der Waals surface area (Å²) in [5, 5.41) is 10.5. The predicted molar refractivity (Wildman–Crippen MR) is 74.2 cm³/mol. The Kier molecular flexibility index (Phi) is 3.51. The van der Waals surface area contributed by atoms with Gasteiger partial charge in [-0.15, -0.1) is 0 Å². The highest BCUT2D eigenvalue weighted by Crippen LogP contribution is 2.25. The van der Waals surface area contributed by atoms with E-state index >= 15 is 0 Å². The van der Waals surface area contributed by atoms with Crippen molar-refractivity contribution < 1.29 is 4.74 Å². The third kappa shape index (κ3) is 2.79. The van der Waals surface area contributed by atoms with Gasteiger partial charge < -0.3 is 10.1 Å². The first-order chi connectivity index (χ1) is 9.35. The van der Waals surface area contributed by atoms with Gasteiger partial charge in [0.2, 0.25) is 0 Å². The Balaban J connectivity index is 1.64. The van der Waals surface area contributed by atoms with E-state index < -0.39 is 0 Å². The first-order valence-corrected chi connectivity index (χ1v) is 6.72. The van der Waals surface area contributed by atoms with E-state index in [1.165, 1.54) is 17.5 Å². The van der Waals surface area contributed by atoms with Gasteiger partial charge in [0.15, 0.2) is 0 Å². The van der Waals surface area contributed by atoms with E-state index in [-0.39, 0.29) is 0 Å². The number of fused-ring (bicyclic) bond motifs is 1. The van der Waals surface area contributed by atoms with Gasteiger partial charge in [0, 0.05) is 24.5 Å². The van der Waals surface area contributed by atoms with Gasteiger partial charge >= 0.3 is 0 Å². The number of nitrogens with zero attached hydrogens (tertiary/aromatic N) is 1. The molecule has 4 nitrogen and oxygen atoms in total. The molecule has 0 bridgehead atoms. The molecule has 1 unspecified atom stereocenters. The van der Waals surface area contributed by atoms with Crippen LogP contribution in [-0.2, 0) is 19.4 Å². The van der Waals surface area contributed by atoms with E-state index in [1.807, 2.05) is 6.07 Å². The molecule has 0 fully saturated rings. The molecule has 0 spiro atoms. The second kappa shape index (κ2) is 5.45. The summed E-state index contributed by atoms with van der Waals surface area (Å²) in [6.45, 7) is 0.851. The van der Waals surface area contributed by atoms with Gasteiger partial charge in [0.05, 0.1) is 7.11 Å². The normalized spacial score (nSPS) is 18.1. The Morgan fingerprint density at radius 2 is 2.32 bits per heavy atom. The van der Waals surface area contributed by atoms with Crippen molar-refractivity contribution in [2.45, 2.75) is 31.8 Å². The topological polar surface area (TPSA) is 49.9 Å². The van der Waals surface area contributed by atoms with Crippen molar-refractivity contribution >= 4 is 0 Å². The first-order valence-electron chi connectivity index (χ1n) is 6.72. The molecule has 1 heterocycles. The molecule has 0 saturated carbocycles. The number of rotatable bonds is 4. The van der Waals surface area contributed by atoms with Gasteiger partial charge in [-0.3, -0.25) is 5.10 Å². The minimum atomic E-state index is 0.530. The molecule has 1 aliphatic rings. The maximum atomic E-state index is 5.30. The number of benzene rings is 1. The van der Waals surface area contributed by atoms with E-state index in [0.717, 1.165) is 30.8 Å². The number of ether oxygens (including phenoxy) is 1. The lowest BCUT2D eigenvalue weighted by molar-refractivity contribution is 0.410. The monoisotopic (exact) mass is 257 g/mol. The molecule has 1 atom stereocenters. The van der Waals surface area contributed by atoms with Crippen molar-refractivity contribution in [2.24, 2.45) is 0 Å². The molecule has 19 heavy (non-hydrogen) atoms. The Labute approximate surface area is 113 Å². The first kappa shape index (κ1) is 12.2. The van der Waals surface area contributed by atoms with Crippen molar-refractivity contribution in [1.29, 1.82) is 0 Å². The standard InChI is InChI=1S/C15H19N3O/c1-19-15-5-3-11-2-4-13(8-12(11)9-15)16-10-14-6-7-17-18-14/h3,5-7,9,13,16H,2,4,8,10H2,1H3,(H,17,18). The van der Waals surface area contributed by atoms with Crippen molar-refractivity contribution in [3.8, 4) is 5.75 Å². The van der Waals surface area contributed by atoms with E-state index in [4.69, 9.17) is 4.74 Å². The Morgan fingerprint density at radius 3 is 3.11 bits per heavy atom. The molecule has 2 aromatic rings. The Bertz CT molecular complexity index is 536. The smallest absolute Gasteiger partial charge is 0.119 e. The maximum Gasteiger partial charge on any atom is 0.119 e. The Hall–Kier alpha value is -1.81. The lowest BCUT2D eigenvalue weighted by Gasteiger charge is -2.25. The molecule has 100 valence electrons. The van der Waals surface area contributed by atoms with Crippen LogP contribution in [-0.4, -0.2) is 23.3 Å². The third-order valence-electron chi connectivity index (χ3n) is 3.78. The number of methoxy groups -OCH3 is 1. The molecule has 0 aliphatic heterocycles. The highest BCUT2D eigenvalue weighted by Gasteiger charge is 2.18. The zero-order valence-corrected chi connectivity index (χ0v) is 11.1. The quantitative estimate of drug-likeness (QED) is 0.881. The molecular weight excluding hydrogens is 238 g/mol. The van der Waals surface area contributed by atoms with Crippen molar-refractivity contribution in [2.75, 3.05) is 7.11 Å². The van der Waals surface area contributed by atoms with E-state index in [0.29, 0.717) is 6.04 Å². The minimum Gasteiger partial charge on any atom is -0.497 e. The fourth-order valence-electron chi connectivity index (χ4n) is 2.67. The lowest BCUT2D eigenvalue weighted by atomic mass is 9.88. The van der Waals surface area contributed by atoms with Gasteiger partial charge in [-0.25, -0.2) is 0 Å². The molecule has 2 N–H and O–H groups in total. The summed E-state index contributed by atoms with van der Waals surface area (Å²) in [5.41, 5.74) is 4.00. The fourth-order valence-corrected chi connectivity index (χ4v) is 2.67. The molecule has 1 aromatic heterocycles. The highest BCUT2D eigenvalue weighted by atomic mass is 16.5. The van der Waals surface area contributed by atoms with Crippen LogP contribution in [0.5, 0.6) is 5.75 Å². The van der Waals surface area contributed by atoms with Crippen LogP contribution in [0.1, 0.15) is 23.2 Å². The number of aromatic amines is 1. The van der Waals surface area contributed by atoms with Crippen molar-refractivity contribution in [1.82, 2.24) is 15.5 Å². The van der Waals surface area contributed by atoms with Gasteiger partial charge in [-0.1, -0.05) is 6.07 Å². The van der Waals surface area contributed by atoms with Crippen LogP contribution in [0.4, 0.5) is 0 Å². The summed E-state index contributed by atoms with van der Waals surface area (Å²) < 4.78 is 5.30. The highest BCUT2D eigenvalue weighted by molar-refractivity contribution is 5.37. The fraction of sp³-hybridized carbons (Fsp3) is 0.400. The van der Waals surface area contributed by atoms with Crippen LogP contribution in [0.3, 0.4) is 0 Å². The summed E-state index contributed by atoms with van der Waals surface area (Å²) in [6.07, 6.45) is 5.19. The SMILES string of the molecule is COc1ccc2c(c1)CC(NCc1ccn[nH]1)CC2. The predicted octanol–water partition coefficient (Wildman–Crippen LogP) is 2.07. The largest absolute Gasteiger partial charge is 0.497 e.